The van der Waals surface area contributed by atoms with Gasteiger partial charge in [0, 0.05) is 43.7 Å². The molecule has 0 unspecified atom stereocenters. The second-order valence-corrected chi connectivity index (χ2v) is 8.10. The lowest BCUT2D eigenvalue weighted by atomic mass is 10.0. The van der Waals surface area contributed by atoms with Crippen molar-refractivity contribution in [1.82, 2.24) is 14.8 Å². The smallest absolute Gasteiger partial charge is 0.239 e. The summed E-state index contributed by atoms with van der Waals surface area (Å²) in [6.07, 6.45) is 0. The standard InChI is InChI=1S/C20H28N4O2S/c1-14(2)18(21)20(25)24-10-8-23(9-11-24)12-16-13-27-19(22-16)15-4-6-17(26-3)7-5-15/h4-7,13-14,18H,8-12,21H2,1-3H3/t18-/m0/s1. The number of ether oxygens (including phenoxy) is 1. The van der Waals surface area contributed by atoms with Crippen LogP contribution in [-0.4, -0.2) is 60.0 Å². The van der Waals surface area contributed by atoms with Gasteiger partial charge >= 0.3 is 0 Å². The molecule has 1 fully saturated rings. The SMILES string of the molecule is COc1ccc(-c2nc(CN3CCN(C(=O)[C@@H](N)C(C)C)CC3)cs2)cc1. The summed E-state index contributed by atoms with van der Waals surface area (Å²) < 4.78 is 5.20. The van der Waals surface area contributed by atoms with Gasteiger partial charge in [-0.3, -0.25) is 9.69 Å². The maximum atomic E-state index is 12.4. The van der Waals surface area contributed by atoms with Crippen LogP contribution < -0.4 is 10.5 Å². The second kappa shape index (κ2) is 8.82. The van der Waals surface area contributed by atoms with E-state index < -0.39 is 6.04 Å². The van der Waals surface area contributed by atoms with E-state index in [2.05, 4.69) is 10.3 Å². The molecule has 6 nitrogen and oxygen atoms in total. The Bertz CT molecular complexity index is 752. The van der Waals surface area contributed by atoms with E-state index in [-0.39, 0.29) is 11.8 Å². The van der Waals surface area contributed by atoms with Crippen molar-refractivity contribution in [3.63, 3.8) is 0 Å². The van der Waals surface area contributed by atoms with Crippen molar-refractivity contribution in [1.29, 1.82) is 0 Å². The molecule has 0 saturated carbocycles. The molecule has 2 aromatic rings. The molecule has 2 N–H and O–H groups in total. The van der Waals surface area contributed by atoms with Crippen LogP contribution in [0.1, 0.15) is 19.5 Å². The molecular formula is C20H28N4O2S. The van der Waals surface area contributed by atoms with Gasteiger partial charge in [0.1, 0.15) is 10.8 Å². The van der Waals surface area contributed by atoms with Crippen LogP contribution >= 0.6 is 11.3 Å². The number of amides is 1. The number of nitrogens with zero attached hydrogens (tertiary/aromatic N) is 3. The highest BCUT2D eigenvalue weighted by molar-refractivity contribution is 7.13. The maximum Gasteiger partial charge on any atom is 0.239 e. The normalized spacial score (nSPS) is 16.6. The first-order valence-electron chi connectivity index (χ1n) is 9.33. The van der Waals surface area contributed by atoms with Gasteiger partial charge in [-0.2, -0.15) is 0 Å². The molecule has 0 radical (unpaired) electrons. The van der Waals surface area contributed by atoms with Crippen LogP contribution in [0.25, 0.3) is 10.6 Å². The van der Waals surface area contributed by atoms with Crippen molar-refractivity contribution in [2.45, 2.75) is 26.4 Å². The number of nitrogens with two attached hydrogens (primary N) is 1. The van der Waals surface area contributed by atoms with E-state index >= 15 is 0 Å². The third-order valence-corrected chi connectivity index (χ3v) is 5.90. The first kappa shape index (κ1) is 19.8. The lowest BCUT2D eigenvalue weighted by Gasteiger charge is -2.36. The zero-order chi connectivity index (χ0) is 19.4. The molecule has 1 saturated heterocycles. The topological polar surface area (TPSA) is 71.7 Å². The van der Waals surface area contributed by atoms with Gasteiger partial charge in [-0.15, -0.1) is 11.3 Å². The van der Waals surface area contributed by atoms with Gasteiger partial charge < -0.3 is 15.4 Å². The summed E-state index contributed by atoms with van der Waals surface area (Å²) in [5, 5.41) is 3.13. The monoisotopic (exact) mass is 388 g/mol. The number of piperazine rings is 1. The lowest BCUT2D eigenvalue weighted by Crippen LogP contribution is -2.54. The van der Waals surface area contributed by atoms with E-state index in [1.807, 2.05) is 43.0 Å². The van der Waals surface area contributed by atoms with Crippen molar-refractivity contribution in [3.05, 3.63) is 35.3 Å². The van der Waals surface area contributed by atoms with Crippen LogP contribution in [0.15, 0.2) is 29.6 Å². The van der Waals surface area contributed by atoms with E-state index in [9.17, 15) is 4.79 Å². The summed E-state index contributed by atoms with van der Waals surface area (Å²) in [5.74, 6) is 1.09. The number of rotatable bonds is 6. The van der Waals surface area contributed by atoms with Gasteiger partial charge in [0.2, 0.25) is 5.91 Å². The summed E-state index contributed by atoms with van der Waals surface area (Å²) in [7, 11) is 1.67. The summed E-state index contributed by atoms with van der Waals surface area (Å²) >= 11 is 1.66. The fraction of sp³-hybridized carbons (Fsp3) is 0.500. The van der Waals surface area contributed by atoms with E-state index in [4.69, 9.17) is 15.5 Å². The van der Waals surface area contributed by atoms with E-state index in [0.29, 0.717) is 0 Å². The van der Waals surface area contributed by atoms with Crippen LogP contribution in [0.5, 0.6) is 5.75 Å². The molecule has 7 heteroatoms. The summed E-state index contributed by atoms with van der Waals surface area (Å²) in [5.41, 5.74) is 8.18. The van der Waals surface area contributed by atoms with Crippen molar-refractivity contribution >= 4 is 17.2 Å². The molecule has 0 spiro atoms. The molecule has 1 aromatic carbocycles. The predicted molar refractivity (Wildman–Crippen MR) is 109 cm³/mol. The fourth-order valence-electron chi connectivity index (χ4n) is 3.10. The van der Waals surface area contributed by atoms with E-state index in [1.54, 1.807) is 18.4 Å². The van der Waals surface area contributed by atoms with Crippen molar-refractivity contribution in [2.75, 3.05) is 33.3 Å². The van der Waals surface area contributed by atoms with E-state index in [0.717, 1.165) is 54.7 Å². The summed E-state index contributed by atoms with van der Waals surface area (Å²) in [4.78, 5) is 21.4. The van der Waals surface area contributed by atoms with Gasteiger partial charge in [-0.1, -0.05) is 13.8 Å². The third kappa shape index (κ3) is 4.86. The van der Waals surface area contributed by atoms with Gasteiger partial charge in [0.15, 0.2) is 0 Å². The first-order valence-corrected chi connectivity index (χ1v) is 10.2. The maximum absolute atomic E-state index is 12.4. The molecule has 1 aromatic heterocycles. The number of hydrogen-bond acceptors (Lipinski definition) is 6. The van der Waals surface area contributed by atoms with Gasteiger partial charge in [-0.25, -0.2) is 4.98 Å². The average molecular weight is 389 g/mol. The van der Waals surface area contributed by atoms with Crippen LogP contribution in [0.4, 0.5) is 0 Å². The third-order valence-electron chi connectivity index (χ3n) is 4.96. The average Bonchev–Trinajstić information content (AvgIpc) is 3.16. The Morgan fingerprint density at radius 3 is 2.48 bits per heavy atom. The predicted octanol–water partition coefficient (Wildman–Crippen LogP) is 2.45. The van der Waals surface area contributed by atoms with Crippen LogP contribution in [-0.2, 0) is 11.3 Å². The van der Waals surface area contributed by atoms with Crippen molar-refractivity contribution in [2.24, 2.45) is 11.7 Å². The Balaban J connectivity index is 1.54. The van der Waals surface area contributed by atoms with Crippen molar-refractivity contribution < 1.29 is 9.53 Å². The first-order chi connectivity index (χ1) is 13.0. The molecule has 1 atom stereocenters. The largest absolute Gasteiger partial charge is 0.497 e. The second-order valence-electron chi connectivity index (χ2n) is 7.24. The molecule has 1 amide bonds. The Hall–Kier alpha value is -1.96. The molecule has 1 aliphatic rings. The Morgan fingerprint density at radius 1 is 1.22 bits per heavy atom. The van der Waals surface area contributed by atoms with Gasteiger partial charge in [0.25, 0.3) is 0 Å². The highest BCUT2D eigenvalue weighted by Crippen LogP contribution is 2.26. The number of aromatic nitrogens is 1. The molecule has 0 aliphatic carbocycles. The minimum Gasteiger partial charge on any atom is -0.497 e. The van der Waals surface area contributed by atoms with Gasteiger partial charge in [0.05, 0.1) is 18.8 Å². The highest BCUT2D eigenvalue weighted by atomic mass is 32.1. The lowest BCUT2D eigenvalue weighted by molar-refractivity contribution is -0.135. The zero-order valence-electron chi connectivity index (χ0n) is 16.2. The highest BCUT2D eigenvalue weighted by Gasteiger charge is 2.27. The number of methoxy groups -OCH3 is 1. The van der Waals surface area contributed by atoms with Gasteiger partial charge in [-0.05, 0) is 30.2 Å². The van der Waals surface area contributed by atoms with Crippen LogP contribution in [0, 0.1) is 5.92 Å². The molecule has 27 heavy (non-hydrogen) atoms. The minimum absolute atomic E-state index is 0.0695. The number of hydrogen-bond donors (Lipinski definition) is 1. The minimum atomic E-state index is -0.401. The molecular weight excluding hydrogens is 360 g/mol. The van der Waals surface area contributed by atoms with Crippen molar-refractivity contribution in [3.8, 4) is 16.3 Å². The summed E-state index contributed by atoms with van der Waals surface area (Å²) in [6, 6.07) is 7.57. The Morgan fingerprint density at radius 2 is 1.89 bits per heavy atom. The molecule has 1 aliphatic heterocycles. The Kier molecular flexibility index (Phi) is 6.46. The van der Waals surface area contributed by atoms with Crippen LogP contribution in [0.2, 0.25) is 0 Å². The quantitative estimate of drug-likeness (QED) is 0.823. The van der Waals surface area contributed by atoms with E-state index in [1.165, 1.54) is 0 Å². The number of benzene rings is 1. The molecule has 0 bridgehead atoms. The number of carbonyl (C=O) groups excluding carboxylic acids is 1. The Labute approximate surface area is 164 Å². The van der Waals surface area contributed by atoms with Crippen LogP contribution in [0.3, 0.4) is 0 Å². The number of carbonyl (C=O) groups is 1. The number of thiazole rings is 1. The zero-order valence-corrected chi connectivity index (χ0v) is 17.0. The summed E-state index contributed by atoms with van der Waals surface area (Å²) in [6.45, 7) is 7.95. The molecule has 146 valence electrons. The fourth-order valence-corrected chi connectivity index (χ4v) is 3.91. The molecule has 3 rings (SSSR count). The molecule has 2 heterocycles.